The Morgan fingerprint density at radius 2 is 1.74 bits per heavy atom. The van der Waals surface area contributed by atoms with Crippen LogP contribution in [0.2, 0.25) is 0 Å². The maximum Gasteiger partial charge on any atom is 0.419 e. The molecular weight excluding hydrogens is 385 g/mol. The molecule has 1 unspecified atom stereocenters. The van der Waals surface area contributed by atoms with E-state index in [1.165, 1.54) is 36.4 Å². The zero-order chi connectivity index (χ0) is 20.2. The van der Waals surface area contributed by atoms with E-state index < -0.39 is 46.1 Å². The number of benzene rings is 2. The number of carbonyl (C=O) groups excluding carboxylic acids is 1. The largest absolute Gasteiger partial charge is 0.483 e. The Bertz CT molecular complexity index is 913. The fraction of sp³-hybridized carbons (Fsp3) is 0.235. The van der Waals surface area contributed by atoms with Crippen molar-refractivity contribution in [3.63, 3.8) is 0 Å². The van der Waals surface area contributed by atoms with Gasteiger partial charge in [0.2, 0.25) is 10.0 Å². The van der Waals surface area contributed by atoms with Gasteiger partial charge in [0.05, 0.1) is 16.5 Å². The minimum Gasteiger partial charge on any atom is -0.483 e. The zero-order valence-corrected chi connectivity index (χ0v) is 15.0. The number of sulfonamides is 1. The number of carbonyl (C=O) groups is 1. The SMILES string of the molecule is CC(NC(=O)COc1ccccc1C(F)(F)F)c1ccc(S(N)(=O)=O)cc1. The highest BCUT2D eigenvalue weighted by molar-refractivity contribution is 7.89. The summed E-state index contributed by atoms with van der Waals surface area (Å²) < 4.78 is 66.1. The van der Waals surface area contributed by atoms with Crippen LogP contribution >= 0.6 is 0 Å². The summed E-state index contributed by atoms with van der Waals surface area (Å²) in [6, 6.07) is 9.62. The number of hydrogen-bond acceptors (Lipinski definition) is 4. The molecule has 0 fully saturated rings. The standard InChI is InChI=1S/C17H17F3N2O4S/c1-11(12-6-8-13(9-7-12)27(21,24)25)22-16(23)10-26-15-5-3-2-4-14(15)17(18,19)20/h2-9,11H,10H2,1H3,(H,22,23)(H2,21,24,25). The number of hydrogen-bond donors (Lipinski definition) is 2. The van der Waals surface area contributed by atoms with Gasteiger partial charge in [-0.15, -0.1) is 0 Å². The molecule has 0 aliphatic rings. The Morgan fingerprint density at radius 3 is 2.30 bits per heavy atom. The van der Waals surface area contributed by atoms with Crippen LogP contribution in [0.25, 0.3) is 0 Å². The summed E-state index contributed by atoms with van der Waals surface area (Å²) in [6.07, 6.45) is -4.59. The summed E-state index contributed by atoms with van der Waals surface area (Å²) in [5, 5.41) is 7.56. The first kappa shape index (κ1) is 20.7. The van der Waals surface area contributed by atoms with Crippen molar-refractivity contribution in [2.75, 3.05) is 6.61 Å². The lowest BCUT2D eigenvalue weighted by Gasteiger charge is -2.16. The van der Waals surface area contributed by atoms with Gasteiger partial charge in [-0.05, 0) is 36.8 Å². The van der Waals surface area contributed by atoms with Gasteiger partial charge in [-0.2, -0.15) is 13.2 Å². The molecule has 2 rings (SSSR count). The van der Waals surface area contributed by atoms with Crippen LogP contribution in [0, 0.1) is 0 Å². The summed E-state index contributed by atoms with van der Waals surface area (Å²) in [6.45, 7) is 1.03. The second-order valence-corrected chi connectivity index (χ2v) is 7.25. The first-order valence-electron chi connectivity index (χ1n) is 7.69. The molecule has 0 bridgehead atoms. The van der Waals surface area contributed by atoms with Crippen molar-refractivity contribution in [3.8, 4) is 5.75 Å². The number of nitrogens with two attached hydrogens (primary N) is 1. The lowest BCUT2D eigenvalue weighted by Crippen LogP contribution is -2.31. The van der Waals surface area contributed by atoms with E-state index in [1.54, 1.807) is 6.92 Å². The van der Waals surface area contributed by atoms with Crippen molar-refractivity contribution in [2.45, 2.75) is 24.0 Å². The van der Waals surface area contributed by atoms with Gasteiger partial charge in [-0.3, -0.25) is 4.79 Å². The summed E-state index contributed by atoms with van der Waals surface area (Å²) in [5.74, 6) is -1.07. The molecule has 0 radical (unpaired) electrons. The van der Waals surface area contributed by atoms with E-state index in [0.29, 0.717) is 5.56 Å². The molecule has 1 amide bonds. The first-order chi connectivity index (χ1) is 12.5. The monoisotopic (exact) mass is 402 g/mol. The third-order valence-corrected chi connectivity index (χ3v) is 4.57. The highest BCUT2D eigenvalue weighted by Gasteiger charge is 2.34. The van der Waals surface area contributed by atoms with Crippen molar-refractivity contribution < 1.29 is 31.1 Å². The highest BCUT2D eigenvalue weighted by atomic mass is 32.2. The number of ether oxygens (including phenoxy) is 1. The molecule has 0 heterocycles. The third kappa shape index (κ3) is 5.69. The van der Waals surface area contributed by atoms with Crippen LogP contribution in [0.15, 0.2) is 53.4 Å². The van der Waals surface area contributed by atoms with Gasteiger partial charge in [-0.25, -0.2) is 13.6 Å². The molecule has 0 saturated carbocycles. The number of primary sulfonamides is 1. The average molecular weight is 402 g/mol. The molecule has 0 aromatic heterocycles. The van der Waals surface area contributed by atoms with Crippen LogP contribution in [-0.4, -0.2) is 20.9 Å². The van der Waals surface area contributed by atoms with E-state index in [2.05, 4.69) is 5.32 Å². The van der Waals surface area contributed by atoms with Gasteiger partial charge in [0.1, 0.15) is 5.75 Å². The maximum atomic E-state index is 12.9. The minimum absolute atomic E-state index is 0.0723. The minimum atomic E-state index is -4.59. The first-order valence-corrected chi connectivity index (χ1v) is 9.24. The molecule has 2 aromatic rings. The molecule has 146 valence electrons. The van der Waals surface area contributed by atoms with E-state index in [9.17, 15) is 26.4 Å². The summed E-state index contributed by atoms with van der Waals surface area (Å²) in [5.41, 5.74) is -0.379. The van der Waals surface area contributed by atoms with Crippen LogP contribution in [-0.2, 0) is 21.0 Å². The van der Waals surface area contributed by atoms with E-state index >= 15 is 0 Å². The predicted molar refractivity (Wildman–Crippen MR) is 91.3 cm³/mol. The normalized spacial score (nSPS) is 13.1. The van der Waals surface area contributed by atoms with Gasteiger partial charge in [0, 0.05) is 0 Å². The summed E-state index contributed by atoms with van der Waals surface area (Å²) >= 11 is 0. The summed E-state index contributed by atoms with van der Waals surface area (Å²) in [4.78, 5) is 11.9. The lowest BCUT2D eigenvalue weighted by molar-refractivity contribution is -0.139. The van der Waals surface area contributed by atoms with Crippen LogP contribution in [0.4, 0.5) is 13.2 Å². The molecule has 0 saturated heterocycles. The Hall–Kier alpha value is -2.59. The molecule has 0 aliphatic heterocycles. The molecule has 2 aromatic carbocycles. The second kappa shape index (κ2) is 7.97. The molecule has 6 nitrogen and oxygen atoms in total. The van der Waals surface area contributed by atoms with Crippen molar-refractivity contribution in [1.29, 1.82) is 0 Å². The van der Waals surface area contributed by atoms with Crippen molar-refractivity contribution >= 4 is 15.9 Å². The molecule has 10 heteroatoms. The Morgan fingerprint density at radius 1 is 1.15 bits per heavy atom. The number of alkyl halides is 3. The average Bonchev–Trinajstić information content (AvgIpc) is 2.58. The summed E-state index contributed by atoms with van der Waals surface area (Å²) in [7, 11) is -3.82. The van der Waals surface area contributed by atoms with Gasteiger partial charge in [0.15, 0.2) is 6.61 Å². The molecule has 0 aliphatic carbocycles. The second-order valence-electron chi connectivity index (χ2n) is 5.69. The van der Waals surface area contributed by atoms with Crippen LogP contribution in [0.1, 0.15) is 24.1 Å². The smallest absolute Gasteiger partial charge is 0.419 e. The van der Waals surface area contributed by atoms with Gasteiger partial charge in [-0.1, -0.05) is 24.3 Å². The maximum absolute atomic E-state index is 12.9. The lowest BCUT2D eigenvalue weighted by atomic mass is 10.1. The highest BCUT2D eigenvalue weighted by Crippen LogP contribution is 2.35. The van der Waals surface area contributed by atoms with Crippen LogP contribution in [0.5, 0.6) is 5.75 Å². The van der Waals surface area contributed by atoms with Crippen molar-refractivity contribution in [1.82, 2.24) is 5.32 Å². The van der Waals surface area contributed by atoms with E-state index in [4.69, 9.17) is 9.88 Å². The number of amides is 1. The fourth-order valence-electron chi connectivity index (χ4n) is 2.28. The topological polar surface area (TPSA) is 98.5 Å². The number of rotatable bonds is 6. The Kier molecular flexibility index (Phi) is 6.11. The number of para-hydroxylation sites is 1. The fourth-order valence-corrected chi connectivity index (χ4v) is 2.80. The van der Waals surface area contributed by atoms with Gasteiger partial charge < -0.3 is 10.1 Å². The van der Waals surface area contributed by atoms with E-state index in [0.717, 1.165) is 12.1 Å². The Labute approximate surface area is 154 Å². The van der Waals surface area contributed by atoms with E-state index in [-0.39, 0.29) is 4.90 Å². The quantitative estimate of drug-likeness (QED) is 0.776. The number of nitrogens with one attached hydrogen (secondary N) is 1. The Balaban J connectivity index is 1.98. The molecule has 3 N–H and O–H groups in total. The van der Waals surface area contributed by atoms with Gasteiger partial charge >= 0.3 is 6.18 Å². The van der Waals surface area contributed by atoms with Crippen LogP contribution < -0.4 is 15.2 Å². The van der Waals surface area contributed by atoms with Crippen molar-refractivity contribution in [2.24, 2.45) is 5.14 Å². The third-order valence-electron chi connectivity index (χ3n) is 3.64. The predicted octanol–water partition coefficient (Wildman–Crippen LogP) is 2.61. The van der Waals surface area contributed by atoms with Crippen LogP contribution in [0.3, 0.4) is 0 Å². The van der Waals surface area contributed by atoms with E-state index in [1.807, 2.05) is 0 Å². The van der Waals surface area contributed by atoms with Crippen molar-refractivity contribution in [3.05, 3.63) is 59.7 Å². The molecule has 27 heavy (non-hydrogen) atoms. The van der Waals surface area contributed by atoms with Gasteiger partial charge in [0.25, 0.3) is 5.91 Å². The molecule has 1 atom stereocenters. The molecular formula is C17H17F3N2O4S. The zero-order valence-electron chi connectivity index (χ0n) is 14.2. The molecule has 0 spiro atoms. The number of halogens is 3.